The number of hydrogen-bond acceptors (Lipinski definition) is 5. The van der Waals surface area contributed by atoms with Gasteiger partial charge in [0.1, 0.15) is 0 Å². The largest absolute Gasteiger partial charge is 0.469 e. The van der Waals surface area contributed by atoms with Crippen molar-refractivity contribution in [2.24, 2.45) is 0 Å². The minimum Gasteiger partial charge on any atom is -0.469 e. The van der Waals surface area contributed by atoms with E-state index in [0.717, 1.165) is 17.0 Å². The number of methoxy groups -OCH3 is 1. The maximum Gasteiger partial charge on any atom is 0.331 e. The smallest absolute Gasteiger partial charge is 0.331 e. The standard InChI is InChI=1S/C21H23NO5/c1-15-13-18(16(2)22(15)12-11-20(24)26-3)19(23)14-27-21(25)10-9-17-7-5-4-6-8-17/h4-10,13H,11-12,14H2,1-3H3/b10-9+. The summed E-state index contributed by atoms with van der Waals surface area (Å²) >= 11 is 0. The molecule has 6 nitrogen and oxygen atoms in total. The van der Waals surface area contributed by atoms with Crippen molar-refractivity contribution in [1.29, 1.82) is 0 Å². The summed E-state index contributed by atoms with van der Waals surface area (Å²) in [6, 6.07) is 11.1. The second-order valence-electron chi connectivity index (χ2n) is 6.04. The van der Waals surface area contributed by atoms with E-state index in [2.05, 4.69) is 4.74 Å². The summed E-state index contributed by atoms with van der Waals surface area (Å²) in [7, 11) is 1.34. The average Bonchev–Trinajstić information content (AvgIpc) is 2.97. The molecule has 2 rings (SSSR count). The first-order chi connectivity index (χ1) is 12.9. The Morgan fingerprint density at radius 3 is 2.48 bits per heavy atom. The van der Waals surface area contributed by atoms with E-state index in [-0.39, 0.29) is 24.8 Å². The lowest BCUT2D eigenvalue weighted by atomic mass is 10.1. The minimum absolute atomic E-state index is 0.222. The molecule has 1 heterocycles. The summed E-state index contributed by atoms with van der Waals surface area (Å²) in [4.78, 5) is 35.5. The zero-order valence-corrected chi connectivity index (χ0v) is 15.7. The van der Waals surface area contributed by atoms with Crippen LogP contribution in [0.15, 0.2) is 42.5 Å². The molecule has 2 aromatic rings. The van der Waals surface area contributed by atoms with Gasteiger partial charge in [-0.3, -0.25) is 9.59 Å². The van der Waals surface area contributed by atoms with E-state index < -0.39 is 5.97 Å². The third kappa shape index (κ3) is 5.67. The highest BCUT2D eigenvalue weighted by Gasteiger charge is 2.17. The van der Waals surface area contributed by atoms with Crippen LogP contribution in [0.1, 0.15) is 33.7 Å². The molecule has 0 aliphatic carbocycles. The van der Waals surface area contributed by atoms with Crippen molar-refractivity contribution in [3.63, 3.8) is 0 Å². The summed E-state index contributed by atoms with van der Waals surface area (Å²) < 4.78 is 11.6. The van der Waals surface area contributed by atoms with E-state index in [4.69, 9.17) is 4.74 Å². The van der Waals surface area contributed by atoms with Gasteiger partial charge >= 0.3 is 11.9 Å². The van der Waals surface area contributed by atoms with Crippen molar-refractivity contribution in [1.82, 2.24) is 4.57 Å². The maximum atomic E-state index is 12.4. The van der Waals surface area contributed by atoms with Crippen molar-refractivity contribution in [2.75, 3.05) is 13.7 Å². The topological polar surface area (TPSA) is 74.6 Å². The zero-order chi connectivity index (χ0) is 19.8. The van der Waals surface area contributed by atoms with Crippen LogP contribution in [0.5, 0.6) is 0 Å². The first-order valence-corrected chi connectivity index (χ1v) is 8.59. The lowest BCUT2D eigenvalue weighted by molar-refractivity contribution is -0.141. The van der Waals surface area contributed by atoms with Crippen LogP contribution in [0, 0.1) is 13.8 Å². The number of aromatic nitrogens is 1. The monoisotopic (exact) mass is 369 g/mol. The molecule has 0 saturated carbocycles. The summed E-state index contributed by atoms with van der Waals surface area (Å²) in [6.07, 6.45) is 3.15. The van der Waals surface area contributed by atoms with Gasteiger partial charge in [0.05, 0.1) is 13.5 Å². The Kier molecular flexibility index (Phi) is 7.11. The van der Waals surface area contributed by atoms with Crippen molar-refractivity contribution >= 4 is 23.8 Å². The van der Waals surface area contributed by atoms with Gasteiger partial charge in [-0.25, -0.2) is 4.79 Å². The van der Waals surface area contributed by atoms with Gasteiger partial charge < -0.3 is 14.0 Å². The Hall–Kier alpha value is -3.15. The first-order valence-electron chi connectivity index (χ1n) is 8.59. The molecule has 1 aromatic heterocycles. The molecule has 0 radical (unpaired) electrons. The maximum absolute atomic E-state index is 12.4. The van der Waals surface area contributed by atoms with Crippen LogP contribution in [0.25, 0.3) is 6.08 Å². The quantitative estimate of drug-likeness (QED) is 0.406. The third-order valence-corrected chi connectivity index (χ3v) is 4.20. The number of carbonyl (C=O) groups is 3. The van der Waals surface area contributed by atoms with Gasteiger partial charge in [-0.2, -0.15) is 0 Å². The van der Waals surface area contributed by atoms with Gasteiger partial charge in [0, 0.05) is 29.6 Å². The molecule has 0 aliphatic heterocycles. The fraction of sp³-hybridized carbons (Fsp3) is 0.286. The van der Waals surface area contributed by atoms with Gasteiger partial charge in [0.25, 0.3) is 0 Å². The van der Waals surface area contributed by atoms with Crippen LogP contribution < -0.4 is 0 Å². The Balaban J connectivity index is 1.94. The van der Waals surface area contributed by atoms with E-state index in [1.807, 2.05) is 41.8 Å². The Morgan fingerprint density at radius 2 is 1.81 bits per heavy atom. The zero-order valence-electron chi connectivity index (χ0n) is 15.7. The van der Waals surface area contributed by atoms with Gasteiger partial charge in [0.2, 0.25) is 5.78 Å². The van der Waals surface area contributed by atoms with Crippen molar-refractivity contribution in [3.05, 3.63) is 65.0 Å². The number of benzene rings is 1. The van der Waals surface area contributed by atoms with Crippen LogP contribution in [0.2, 0.25) is 0 Å². The van der Waals surface area contributed by atoms with Crippen molar-refractivity contribution in [3.8, 4) is 0 Å². The molecule has 1 aromatic carbocycles. The molecule has 0 N–H and O–H groups in total. The number of esters is 2. The van der Waals surface area contributed by atoms with Gasteiger partial charge in [-0.05, 0) is 31.6 Å². The fourth-order valence-electron chi connectivity index (χ4n) is 2.72. The SMILES string of the molecule is COC(=O)CCn1c(C)cc(C(=O)COC(=O)/C=C/c2ccccc2)c1C. The van der Waals surface area contributed by atoms with Crippen molar-refractivity contribution < 1.29 is 23.9 Å². The first kappa shape index (κ1) is 20.2. The number of hydrogen-bond donors (Lipinski definition) is 0. The molecule has 0 aliphatic rings. The molecule has 6 heteroatoms. The van der Waals surface area contributed by atoms with Crippen LogP contribution in [0.3, 0.4) is 0 Å². The highest BCUT2D eigenvalue weighted by atomic mass is 16.5. The minimum atomic E-state index is -0.577. The van der Waals surface area contributed by atoms with E-state index >= 15 is 0 Å². The molecule has 0 bridgehead atoms. The Morgan fingerprint density at radius 1 is 1.11 bits per heavy atom. The Bertz CT molecular complexity index is 849. The predicted octanol–water partition coefficient (Wildman–Crippen LogP) is 3.11. The van der Waals surface area contributed by atoms with E-state index in [1.165, 1.54) is 13.2 Å². The summed E-state index contributed by atoms with van der Waals surface area (Å²) in [5, 5.41) is 0. The third-order valence-electron chi connectivity index (χ3n) is 4.20. The number of aryl methyl sites for hydroxylation is 1. The van der Waals surface area contributed by atoms with E-state index in [9.17, 15) is 14.4 Å². The molecule has 0 amide bonds. The Labute approximate surface area is 158 Å². The highest BCUT2D eigenvalue weighted by molar-refractivity contribution is 6.00. The normalized spacial score (nSPS) is 10.8. The summed E-state index contributed by atoms with van der Waals surface area (Å²) in [6.45, 7) is 3.75. The van der Waals surface area contributed by atoms with Gasteiger partial charge in [-0.15, -0.1) is 0 Å². The second-order valence-corrected chi connectivity index (χ2v) is 6.04. The molecule has 142 valence electrons. The van der Waals surface area contributed by atoms with Crippen LogP contribution in [0.4, 0.5) is 0 Å². The predicted molar refractivity (Wildman–Crippen MR) is 101 cm³/mol. The molecule has 0 atom stereocenters. The lowest BCUT2D eigenvalue weighted by Crippen LogP contribution is -2.14. The highest BCUT2D eigenvalue weighted by Crippen LogP contribution is 2.16. The second kappa shape index (κ2) is 9.52. The summed E-state index contributed by atoms with van der Waals surface area (Å²) in [5.74, 6) is -1.17. The molecule has 0 saturated heterocycles. The molecule has 27 heavy (non-hydrogen) atoms. The number of carbonyl (C=O) groups excluding carboxylic acids is 3. The number of Topliss-reactive ketones (excluding diaryl/α,β-unsaturated/α-hetero) is 1. The van der Waals surface area contributed by atoms with Crippen LogP contribution in [-0.4, -0.2) is 36.0 Å². The number of rotatable bonds is 8. The number of ketones is 1. The van der Waals surface area contributed by atoms with Gasteiger partial charge in [0.15, 0.2) is 6.61 Å². The van der Waals surface area contributed by atoms with E-state index in [0.29, 0.717) is 12.1 Å². The van der Waals surface area contributed by atoms with E-state index in [1.54, 1.807) is 19.1 Å². The molecular formula is C21H23NO5. The lowest BCUT2D eigenvalue weighted by Gasteiger charge is -2.08. The number of nitrogens with zero attached hydrogens (tertiary/aromatic N) is 1. The van der Waals surface area contributed by atoms with Crippen LogP contribution in [-0.2, 0) is 25.6 Å². The average molecular weight is 369 g/mol. The van der Waals surface area contributed by atoms with Gasteiger partial charge in [-0.1, -0.05) is 30.3 Å². The van der Waals surface area contributed by atoms with Crippen molar-refractivity contribution in [2.45, 2.75) is 26.8 Å². The molecule has 0 unspecified atom stereocenters. The molecule has 0 fully saturated rings. The summed E-state index contributed by atoms with van der Waals surface area (Å²) in [5.41, 5.74) is 2.94. The molecular weight excluding hydrogens is 346 g/mol. The van der Waals surface area contributed by atoms with Crippen LogP contribution >= 0.6 is 0 Å². The fourth-order valence-corrected chi connectivity index (χ4v) is 2.72. The number of ether oxygens (including phenoxy) is 2. The molecule has 0 spiro atoms.